The van der Waals surface area contributed by atoms with Crippen molar-refractivity contribution < 1.29 is 23.5 Å². The van der Waals surface area contributed by atoms with Crippen LogP contribution in [0.4, 0.5) is 14.5 Å². The molecular formula is C15H18F2N2O3. The van der Waals surface area contributed by atoms with Gasteiger partial charge in [0.15, 0.2) is 0 Å². The number of hydrogen-bond acceptors (Lipinski definition) is 3. The highest BCUT2D eigenvalue weighted by atomic mass is 19.1. The van der Waals surface area contributed by atoms with Gasteiger partial charge in [-0.15, -0.1) is 0 Å². The van der Waals surface area contributed by atoms with Crippen LogP contribution in [0.5, 0.6) is 0 Å². The highest BCUT2D eigenvalue weighted by Crippen LogP contribution is 2.26. The highest BCUT2D eigenvalue weighted by Gasteiger charge is 2.35. The van der Waals surface area contributed by atoms with Crippen LogP contribution < -0.4 is 10.2 Å². The summed E-state index contributed by atoms with van der Waals surface area (Å²) in [5.41, 5.74) is 0.112. The Morgan fingerprint density at radius 1 is 1.41 bits per heavy atom. The molecule has 0 bridgehead atoms. The van der Waals surface area contributed by atoms with Crippen molar-refractivity contribution >= 4 is 17.5 Å². The number of carbonyl (C=O) groups is 2. The van der Waals surface area contributed by atoms with Gasteiger partial charge in [-0.25, -0.2) is 8.78 Å². The van der Waals surface area contributed by atoms with Crippen LogP contribution in [-0.2, 0) is 9.59 Å². The Morgan fingerprint density at radius 2 is 2.05 bits per heavy atom. The number of aliphatic hydroxyl groups is 1. The van der Waals surface area contributed by atoms with Crippen molar-refractivity contribution in [3.63, 3.8) is 0 Å². The van der Waals surface area contributed by atoms with Crippen LogP contribution in [0.15, 0.2) is 18.2 Å². The zero-order valence-corrected chi connectivity index (χ0v) is 12.2. The summed E-state index contributed by atoms with van der Waals surface area (Å²) in [7, 11) is 0. The van der Waals surface area contributed by atoms with Gasteiger partial charge < -0.3 is 15.3 Å². The summed E-state index contributed by atoms with van der Waals surface area (Å²) in [6.45, 7) is 1.80. The van der Waals surface area contributed by atoms with Gasteiger partial charge in [-0.05, 0) is 25.5 Å². The smallest absolute Gasteiger partial charge is 0.227 e. The van der Waals surface area contributed by atoms with Crippen LogP contribution in [0.25, 0.3) is 0 Å². The fraction of sp³-hybridized carbons (Fsp3) is 0.467. The molecule has 0 aromatic heterocycles. The second-order valence-electron chi connectivity index (χ2n) is 5.45. The molecule has 1 aliphatic rings. The van der Waals surface area contributed by atoms with Crippen LogP contribution in [0.3, 0.4) is 0 Å². The van der Waals surface area contributed by atoms with E-state index in [1.807, 2.05) is 0 Å². The number of carbonyl (C=O) groups excluding carboxylic acids is 2. The Balaban J connectivity index is 2.05. The van der Waals surface area contributed by atoms with Crippen LogP contribution in [0, 0.1) is 17.6 Å². The van der Waals surface area contributed by atoms with E-state index in [0.29, 0.717) is 6.42 Å². The Morgan fingerprint density at radius 3 is 2.64 bits per heavy atom. The minimum Gasteiger partial charge on any atom is -0.396 e. The van der Waals surface area contributed by atoms with E-state index in [2.05, 4.69) is 5.32 Å². The molecule has 1 aromatic rings. The Kier molecular flexibility index (Phi) is 5.07. The number of aliphatic hydroxyl groups excluding tert-OH is 1. The molecule has 7 heteroatoms. The van der Waals surface area contributed by atoms with Crippen molar-refractivity contribution in [3.05, 3.63) is 29.8 Å². The molecule has 0 aliphatic carbocycles. The van der Waals surface area contributed by atoms with Crippen molar-refractivity contribution in [2.75, 3.05) is 18.1 Å². The van der Waals surface area contributed by atoms with Crippen molar-refractivity contribution in [1.82, 2.24) is 5.32 Å². The molecule has 1 heterocycles. The number of anilines is 1. The molecular weight excluding hydrogens is 294 g/mol. The molecule has 22 heavy (non-hydrogen) atoms. The zero-order valence-electron chi connectivity index (χ0n) is 12.2. The molecule has 2 unspecified atom stereocenters. The predicted molar refractivity (Wildman–Crippen MR) is 76.1 cm³/mol. The highest BCUT2D eigenvalue weighted by molar-refractivity contribution is 6.00. The predicted octanol–water partition coefficient (Wildman–Crippen LogP) is 1.20. The van der Waals surface area contributed by atoms with Crippen LogP contribution in [0.2, 0.25) is 0 Å². The molecule has 1 saturated heterocycles. The number of rotatable bonds is 5. The molecule has 2 amide bonds. The summed E-state index contributed by atoms with van der Waals surface area (Å²) in [5, 5.41) is 11.5. The van der Waals surface area contributed by atoms with E-state index in [-0.39, 0.29) is 43.1 Å². The quantitative estimate of drug-likeness (QED) is 0.858. The fourth-order valence-corrected chi connectivity index (χ4v) is 2.45. The standard InChI is InChI=1S/C15H18F2N2O3/c1-9(2-3-20)18-15(22)10-4-14(21)19(8-10)13-6-11(16)5-12(17)7-13/h5-7,9-10,20H,2-4,8H2,1H3,(H,18,22). The van der Waals surface area contributed by atoms with Gasteiger partial charge in [0, 0.05) is 37.4 Å². The van der Waals surface area contributed by atoms with Crippen LogP contribution in [-0.4, -0.2) is 36.1 Å². The van der Waals surface area contributed by atoms with Crippen molar-refractivity contribution in [2.45, 2.75) is 25.8 Å². The molecule has 0 saturated carbocycles. The van der Waals surface area contributed by atoms with Crippen molar-refractivity contribution in [3.8, 4) is 0 Å². The lowest BCUT2D eigenvalue weighted by atomic mass is 10.1. The normalized spacial score (nSPS) is 19.4. The van der Waals surface area contributed by atoms with E-state index in [1.54, 1.807) is 6.92 Å². The van der Waals surface area contributed by atoms with E-state index < -0.39 is 17.6 Å². The molecule has 5 nitrogen and oxygen atoms in total. The summed E-state index contributed by atoms with van der Waals surface area (Å²) in [4.78, 5) is 25.3. The van der Waals surface area contributed by atoms with Crippen LogP contribution >= 0.6 is 0 Å². The lowest BCUT2D eigenvalue weighted by molar-refractivity contribution is -0.126. The van der Waals surface area contributed by atoms with Crippen molar-refractivity contribution in [1.29, 1.82) is 0 Å². The maximum Gasteiger partial charge on any atom is 0.227 e. The molecule has 0 spiro atoms. The first-order valence-electron chi connectivity index (χ1n) is 7.08. The molecule has 2 N–H and O–H groups in total. The maximum atomic E-state index is 13.2. The van der Waals surface area contributed by atoms with Gasteiger partial charge in [0.25, 0.3) is 0 Å². The Bertz CT molecular complexity index is 560. The second-order valence-corrected chi connectivity index (χ2v) is 5.45. The molecule has 0 radical (unpaired) electrons. The number of nitrogens with zero attached hydrogens (tertiary/aromatic N) is 1. The third-order valence-corrected chi connectivity index (χ3v) is 3.61. The summed E-state index contributed by atoms with van der Waals surface area (Å²) < 4.78 is 26.5. The zero-order chi connectivity index (χ0) is 16.3. The molecule has 120 valence electrons. The Labute approximate surface area is 126 Å². The number of benzene rings is 1. The first-order chi connectivity index (χ1) is 10.4. The first kappa shape index (κ1) is 16.4. The van der Waals surface area contributed by atoms with E-state index in [4.69, 9.17) is 5.11 Å². The largest absolute Gasteiger partial charge is 0.396 e. The van der Waals surface area contributed by atoms with E-state index in [9.17, 15) is 18.4 Å². The number of amides is 2. The molecule has 2 atom stereocenters. The van der Waals surface area contributed by atoms with Gasteiger partial charge in [-0.3, -0.25) is 9.59 Å². The van der Waals surface area contributed by atoms with Gasteiger partial charge >= 0.3 is 0 Å². The lowest BCUT2D eigenvalue weighted by Gasteiger charge is -2.18. The average Bonchev–Trinajstić information content (AvgIpc) is 2.80. The first-order valence-corrected chi connectivity index (χ1v) is 7.08. The Hall–Kier alpha value is -2.02. The fourth-order valence-electron chi connectivity index (χ4n) is 2.45. The van der Waals surface area contributed by atoms with Gasteiger partial charge in [0.2, 0.25) is 11.8 Å². The van der Waals surface area contributed by atoms with E-state index in [1.165, 1.54) is 4.90 Å². The van der Waals surface area contributed by atoms with Gasteiger partial charge in [0.05, 0.1) is 5.92 Å². The maximum absolute atomic E-state index is 13.2. The minimum atomic E-state index is -0.771. The number of nitrogens with one attached hydrogen (secondary N) is 1. The van der Waals surface area contributed by atoms with E-state index in [0.717, 1.165) is 18.2 Å². The molecule has 1 aromatic carbocycles. The van der Waals surface area contributed by atoms with Gasteiger partial charge in [-0.2, -0.15) is 0 Å². The van der Waals surface area contributed by atoms with Crippen molar-refractivity contribution in [2.24, 2.45) is 5.92 Å². The third-order valence-electron chi connectivity index (χ3n) is 3.61. The molecule has 2 rings (SSSR count). The van der Waals surface area contributed by atoms with Crippen LogP contribution in [0.1, 0.15) is 19.8 Å². The minimum absolute atomic E-state index is 0.00416. The molecule has 1 fully saturated rings. The number of hydrogen-bond donors (Lipinski definition) is 2. The summed E-state index contributed by atoms with van der Waals surface area (Å²) in [5.74, 6) is -2.76. The van der Waals surface area contributed by atoms with E-state index >= 15 is 0 Å². The third kappa shape index (κ3) is 3.79. The van der Waals surface area contributed by atoms with Gasteiger partial charge in [0.1, 0.15) is 11.6 Å². The molecule has 1 aliphatic heterocycles. The summed E-state index contributed by atoms with van der Waals surface area (Å²) in [6.07, 6.45) is 0.418. The SMILES string of the molecule is CC(CCO)NC(=O)C1CC(=O)N(c2cc(F)cc(F)c2)C1. The lowest BCUT2D eigenvalue weighted by Crippen LogP contribution is -2.38. The number of halogens is 2. The summed E-state index contributed by atoms with van der Waals surface area (Å²) >= 11 is 0. The summed E-state index contributed by atoms with van der Waals surface area (Å²) in [6, 6.07) is 2.66. The topological polar surface area (TPSA) is 69.6 Å². The monoisotopic (exact) mass is 312 g/mol. The van der Waals surface area contributed by atoms with Gasteiger partial charge in [-0.1, -0.05) is 0 Å². The average molecular weight is 312 g/mol. The second kappa shape index (κ2) is 6.83.